The molecule has 0 aliphatic heterocycles. The number of esters is 1. The molecule has 0 saturated heterocycles. The number of aromatic nitrogens is 1. The van der Waals surface area contributed by atoms with E-state index in [0.717, 1.165) is 7.11 Å². The highest BCUT2D eigenvalue weighted by Crippen LogP contribution is 2.18. The molecule has 0 radical (unpaired) electrons. The van der Waals surface area contributed by atoms with Gasteiger partial charge in [0.15, 0.2) is 6.04 Å². The van der Waals surface area contributed by atoms with Crippen LogP contribution in [0.5, 0.6) is 0 Å². The molecule has 6 nitrogen and oxygen atoms in total. The van der Waals surface area contributed by atoms with E-state index >= 15 is 0 Å². The number of carbonyl (C=O) groups is 2. The van der Waals surface area contributed by atoms with Crippen LogP contribution >= 0.6 is 23.2 Å². The van der Waals surface area contributed by atoms with Crippen molar-refractivity contribution in [1.29, 1.82) is 0 Å². The molecule has 98 valence electrons. The Morgan fingerprint density at radius 3 is 2.78 bits per heavy atom. The fraction of sp³-hybridized carbons (Fsp3) is 0.300. The lowest BCUT2D eigenvalue weighted by atomic mass is 10.2. The van der Waals surface area contributed by atoms with E-state index in [-0.39, 0.29) is 15.7 Å². The van der Waals surface area contributed by atoms with E-state index in [1.54, 1.807) is 0 Å². The molecule has 0 saturated carbocycles. The summed E-state index contributed by atoms with van der Waals surface area (Å²) in [5, 5.41) is 11.4. The fourth-order valence-corrected chi connectivity index (χ4v) is 1.49. The van der Waals surface area contributed by atoms with E-state index in [0.29, 0.717) is 0 Å². The highest BCUT2D eigenvalue weighted by molar-refractivity contribution is 6.35. The third kappa shape index (κ3) is 3.56. The van der Waals surface area contributed by atoms with Crippen molar-refractivity contribution in [3.8, 4) is 0 Å². The molecule has 1 aromatic heterocycles. The van der Waals surface area contributed by atoms with Crippen LogP contribution in [0.25, 0.3) is 0 Å². The molecule has 0 aliphatic carbocycles. The third-order valence-corrected chi connectivity index (χ3v) is 2.55. The molecule has 1 aromatic rings. The van der Waals surface area contributed by atoms with Crippen LogP contribution in [0, 0.1) is 0 Å². The Morgan fingerprint density at radius 1 is 1.56 bits per heavy atom. The Balaban J connectivity index is 2.87. The standard InChI is InChI=1S/C10H10Cl2N2O4/c1-18-10(17)7(4-15)14-9(16)5-2-8(12)13-3-6(5)11/h2-3,7,15H,4H2,1H3,(H,14,16)/t7-/m0/s1. The quantitative estimate of drug-likeness (QED) is 0.628. The van der Waals surface area contributed by atoms with Gasteiger partial charge in [-0.2, -0.15) is 0 Å². The van der Waals surface area contributed by atoms with Gasteiger partial charge in [-0.25, -0.2) is 9.78 Å². The van der Waals surface area contributed by atoms with Crippen LogP contribution in [0.4, 0.5) is 0 Å². The van der Waals surface area contributed by atoms with Gasteiger partial charge in [0.25, 0.3) is 5.91 Å². The molecule has 0 aromatic carbocycles. The number of halogens is 2. The number of methoxy groups -OCH3 is 1. The Labute approximate surface area is 113 Å². The molecule has 1 atom stereocenters. The Hall–Kier alpha value is -1.37. The zero-order chi connectivity index (χ0) is 13.7. The van der Waals surface area contributed by atoms with Gasteiger partial charge >= 0.3 is 5.97 Å². The lowest BCUT2D eigenvalue weighted by Crippen LogP contribution is -2.44. The summed E-state index contributed by atoms with van der Waals surface area (Å²) in [4.78, 5) is 26.7. The van der Waals surface area contributed by atoms with Crippen molar-refractivity contribution in [3.05, 3.63) is 28.0 Å². The first-order chi connectivity index (χ1) is 8.49. The van der Waals surface area contributed by atoms with Gasteiger partial charge in [-0.05, 0) is 6.07 Å². The summed E-state index contributed by atoms with van der Waals surface area (Å²) >= 11 is 11.4. The maximum atomic E-state index is 11.8. The number of aliphatic hydroxyl groups is 1. The lowest BCUT2D eigenvalue weighted by molar-refractivity contribution is -0.143. The number of amides is 1. The van der Waals surface area contributed by atoms with Gasteiger partial charge in [0.2, 0.25) is 0 Å². The number of ether oxygens (including phenoxy) is 1. The van der Waals surface area contributed by atoms with E-state index in [1.165, 1.54) is 12.3 Å². The predicted octanol–water partition coefficient (Wildman–Crippen LogP) is 0.652. The Kier molecular flexibility index (Phi) is 5.33. The van der Waals surface area contributed by atoms with Crippen molar-refractivity contribution in [2.24, 2.45) is 0 Å². The van der Waals surface area contributed by atoms with Crippen molar-refractivity contribution in [2.75, 3.05) is 13.7 Å². The third-order valence-electron chi connectivity index (χ3n) is 2.04. The van der Waals surface area contributed by atoms with E-state index in [9.17, 15) is 9.59 Å². The molecule has 0 aliphatic rings. The van der Waals surface area contributed by atoms with Crippen LogP contribution in [0.3, 0.4) is 0 Å². The number of hydrogen-bond donors (Lipinski definition) is 2. The van der Waals surface area contributed by atoms with Gasteiger partial charge < -0.3 is 15.2 Å². The van der Waals surface area contributed by atoms with Crippen molar-refractivity contribution >= 4 is 35.1 Å². The van der Waals surface area contributed by atoms with E-state index in [4.69, 9.17) is 28.3 Å². The summed E-state index contributed by atoms with van der Waals surface area (Å²) in [7, 11) is 1.15. The molecule has 1 amide bonds. The average Bonchev–Trinajstić information content (AvgIpc) is 2.37. The summed E-state index contributed by atoms with van der Waals surface area (Å²) in [5.41, 5.74) is 0.0546. The van der Waals surface area contributed by atoms with Gasteiger partial charge in [0.05, 0.1) is 24.3 Å². The van der Waals surface area contributed by atoms with Gasteiger partial charge in [-0.15, -0.1) is 0 Å². The molecule has 0 spiro atoms. The maximum Gasteiger partial charge on any atom is 0.330 e. The minimum atomic E-state index is -1.16. The van der Waals surface area contributed by atoms with E-state index in [1.807, 2.05) is 0 Å². The SMILES string of the molecule is COC(=O)[C@H](CO)NC(=O)c1cc(Cl)ncc1Cl. The second-order valence-electron chi connectivity index (χ2n) is 3.22. The smallest absolute Gasteiger partial charge is 0.330 e. The molecule has 0 bridgehead atoms. The molecule has 1 rings (SSSR count). The number of nitrogens with one attached hydrogen (secondary N) is 1. The largest absolute Gasteiger partial charge is 0.467 e. The van der Waals surface area contributed by atoms with E-state index in [2.05, 4.69) is 15.0 Å². The monoisotopic (exact) mass is 292 g/mol. The summed E-state index contributed by atoms with van der Waals surface area (Å²) < 4.78 is 4.41. The first-order valence-electron chi connectivity index (χ1n) is 4.80. The van der Waals surface area contributed by atoms with Gasteiger partial charge in [0.1, 0.15) is 5.15 Å². The fourth-order valence-electron chi connectivity index (χ4n) is 1.14. The van der Waals surface area contributed by atoms with Crippen molar-refractivity contribution in [2.45, 2.75) is 6.04 Å². The summed E-state index contributed by atoms with van der Waals surface area (Å²) in [6.45, 7) is -0.588. The van der Waals surface area contributed by atoms with Crippen molar-refractivity contribution in [1.82, 2.24) is 10.3 Å². The van der Waals surface area contributed by atoms with E-state index < -0.39 is 24.5 Å². The van der Waals surface area contributed by atoms with Crippen LogP contribution in [-0.4, -0.2) is 41.7 Å². The number of aliphatic hydroxyl groups excluding tert-OH is 1. The maximum absolute atomic E-state index is 11.8. The Morgan fingerprint density at radius 2 is 2.22 bits per heavy atom. The van der Waals surface area contributed by atoms with Crippen molar-refractivity contribution in [3.63, 3.8) is 0 Å². The molecular formula is C10H10Cl2N2O4. The highest BCUT2D eigenvalue weighted by Gasteiger charge is 2.22. The van der Waals surface area contributed by atoms with Crippen LogP contribution in [0.1, 0.15) is 10.4 Å². The average molecular weight is 293 g/mol. The molecule has 2 N–H and O–H groups in total. The predicted molar refractivity (Wildman–Crippen MR) is 64.6 cm³/mol. The topological polar surface area (TPSA) is 88.5 Å². The number of nitrogens with zero attached hydrogens (tertiary/aromatic N) is 1. The summed E-state index contributed by atoms with van der Waals surface area (Å²) in [6, 6.07) is 0.0933. The first-order valence-corrected chi connectivity index (χ1v) is 5.55. The highest BCUT2D eigenvalue weighted by atomic mass is 35.5. The van der Waals surface area contributed by atoms with Crippen LogP contribution in [0.2, 0.25) is 10.2 Å². The zero-order valence-electron chi connectivity index (χ0n) is 9.31. The van der Waals surface area contributed by atoms with Gasteiger partial charge in [-0.1, -0.05) is 23.2 Å². The summed E-state index contributed by atoms with van der Waals surface area (Å²) in [6.07, 6.45) is 1.21. The molecular weight excluding hydrogens is 283 g/mol. The Bertz CT molecular complexity index is 467. The minimum Gasteiger partial charge on any atom is -0.467 e. The molecule has 8 heteroatoms. The molecule has 0 unspecified atom stereocenters. The molecule has 18 heavy (non-hydrogen) atoms. The minimum absolute atomic E-state index is 0.0546. The first kappa shape index (κ1) is 14.7. The number of pyridine rings is 1. The normalized spacial score (nSPS) is 11.8. The van der Waals surface area contributed by atoms with Gasteiger partial charge in [0, 0.05) is 6.20 Å². The van der Waals surface area contributed by atoms with Gasteiger partial charge in [-0.3, -0.25) is 4.79 Å². The second-order valence-corrected chi connectivity index (χ2v) is 4.01. The van der Waals surface area contributed by atoms with Crippen LogP contribution in [0.15, 0.2) is 12.3 Å². The van der Waals surface area contributed by atoms with Crippen LogP contribution in [-0.2, 0) is 9.53 Å². The lowest BCUT2D eigenvalue weighted by Gasteiger charge is -2.14. The number of carbonyl (C=O) groups excluding carboxylic acids is 2. The summed E-state index contributed by atoms with van der Waals surface area (Å²) in [5.74, 6) is -1.42. The zero-order valence-corrected chi connectivity index (χ0v) is 10.8. The second kappa shape index (κ2) is 6.53. The number of rotatable bonds is 4. The molecule has 0 fully saturated rings. The van der Waals surface area contributed by atoms with Crippen molar-refractivity contribution < 1.29 is 19.4 Å². The van der Waals surface area contributed by atoms with Crippen LogP contribution < -0.4 is 5.32 Å². The molecule has 1 heterocycles. The number of hydrogen-bond acceptors (Lipinski definition) is 5.